The van der Waals surface area contributed by atoms with E-state index in [0.717, 1.165) is 5.56 Å². The fourth-order valence-electron chi connectivity index (χ4n) is 4.58. The molecule has 4 aromatic rings. The maximum absolute atomic E-state index is 13.9. The van der Waals surface area contributed by atoms with E-state index in [0.29, 0.717) is 59.6 Å². The van der Waals surface area contributed by atoms with Crippen LogP contribution in [0.25, 0.3) is 16.8 Å². The van der Waals surface area contributed by atoms with E-state index in [4.69, 9.17) is 25.8 Å². The van der Waals surface area contributed by atoms with Gasteiger partial charge in [0, 0.05) is 56.9 Å². The van der Waals surface area contributed by atoms with Crippen LogP contribution in [0.4, 0.5) is 10.1 Å². The fourth-order valence-corrected chi connectivity index (χ4v) is 4.70. The number of anilines is 1. The molecule has 212 valence electrons. The number of aromatic nitrogens is 2. The van der Waals surface area contributed by atoms with Crippen molar-refractivity contribution in [2.24, 2.45) is 0 Å². The van der Waals surface area contributed by atoms with Crippen LogP contribution in [0, 0.1) is 5.82 Å². The third kappa shape index (κ3) is 6.34. The predicted octanol–water partition coefficient (Wildman–Crippen LogP) is 5.14. The molecule has 1 amide bonds. The molecular formula is C30H28ClFN4O5. The van der Waals surface area contributed by atoms with Crippen molar-refractivity contribution >= 4 is 23.2 Å². The zero-order chi connectivity index (χ0) is 28.9. The van der Waals surface area contributed by atoms with Crippen LogP contribution < -0.4 is 19.9 Å². The summed E-state index contributed by atoms with van der Waals surface area (Å²) in [7, 11) is 1.49. The molecule has 1 fully saturated rings. The number of hydrogen-bond acceptors (Lipinski definition) is 7. The number of piperazine rings is 1. The van der Waals surface area contributed by atoms with Gasteiger partial charge in [0.25, 0.3) is 0 Å². The number of nitrogens with zero attached hydrogens (tertiary/aromatic N) is 4. The molecule has 1 aromatic heterocycles. The molecule has 1 aliphatic rings. The molecule has 0 N–H and O–H groups in total. The number of hydrogen-bond donors (Lipinski definition) is 0. The van der Waals surface area contributed by atoms with Crippen LogP contribution in [-0.4, -0.2) is 60.7 Å². The van der Waals surface area contributed by atoms with Crippen molar-refractivity contribution in [3.8, 4) is 34.1 Å². The van der Waals surface area contributed by atoms with Crippen molar-refractivity contribution in [1.29, 1.82) is 0 Å². The smallest absolute Gasteiger partial charge is 0.316 e. The molecule has 0 atom stereocenters. The van der Waals surface area contributed by atoms with E-state index in [1.807, 2.05) is 4.90 Å². The predicted molar refractivity (Wildman–Crippen MR) is 154 cm³/mol. The highest BCUT2D eigenvalue weighted by Gasteiger charge is 2.25. The summed E-state index contributed by atoms with van der Waals surface area (Å²) in [5, 5.41) is 4.95. The van der Waals surface area contributed by atoms with Gasteiger partial charge in [0.1, 0.15) is 23.0 Å². The summed E-state index contributed by atoms with van der Waals surface area (Å²) in [4.78, 5) is 29.3. The lowest BCUT2D eigenvalue weighted by Gasteiger charge is -2.35. The number of rotatable bonds is 8. The van der Waals surface area contributed by atoms with Crippen LogP contribution in [0.5, 0.6) is 17.2 Å². The molecule has 0 saturated carbocycles. The Kier molecular flexibility index (Phi) is 8.51. The third-order valence-electron chi connectivity index (χ3n) is 6.71. The Morgan fingerprint density at radius 1 is 1.00 bits per heavy atom. The average molecular weight is 579 g/mol. The molecule has 3 aromatic carbocycles. The van der Waals surface area contributed by atoms with Crippen LogP contribution in [-0.2, 0) is 9.53 Å². The summed E-state index contributed by atoms with van der Waals surface area (Å²) < 4.78 is 31.9. The minimum absolute atomic E-state index is 0.00873. The first kappa shape index (κ1) is 28.1. The number of methoxy groups -OCH3 is 1. The fraction of sp³-hybridized carbons (Fsp3) is 0.233. The Morgan fingerprint density at radius 3 is 2.37 bits per heavy atom. The number of carbonyl (C=O) groups excluding carboxylic acids is 1. The quantitative estimate of drug-likeness (QED) is 0.268. The van der Waals surface area contributed by atoms with Crippen LogP contribution in [0.15, 0.2) is 77.7 Å². The molecule has 0 radical (unpaired) electrons. The second kappa shape index (κ2) is 12.4. The van der Waals surface area contributed by atoms with E-state index < -0.39 is 11.4 Å². The van der Waals surface area contributed by atoms with Crippen molar-refractivity contribution in [3.63, 3.8) is 0 Å². The van der Waals surface area contributed by atoms with E-state index >= 15 is 0 Å². The van der Waals surface area contributed by atoms with Gasteiger partial charge in [-0.1, -0.05) is 23.7 Å². The summed E-state index contributed by atoms with van der Waals surface area (Å²) in [6.45, 7) is 3.61. The molecule has 0 spiro atoms. The Labute approximate surface area is 241 Å². The highest BCUT2D eigenvalue weighted by Crippen LogP contribution is 2.34. The lowest BCUT2D eigenvalue weighted by molar-refractivity contribution is -0.129. The van der Waals surface area contributed by atoms with E-state index in [2.05, 4.69) is 5.10 Å². The van der Waals surface area contributed by atoms with E-state index in [1.165, 1.54) is 23.9 Å². The second-order valence-electron chi connectivity index (χ2n) is 9.36. The second-order valence-corrected chi connectivity index (χ2v) is 9.80. The molecule has 0 aliphatic carbocycles. The van der Waals surface area contributed by atoms with Gasteiger partial charge in [-0.15, -0.1) is 0 Å². The molecular weight excluding hydrogens is 551 g/mol. The first-order valence-corrected chi connectivity index (χ1v) is 13.3. The van der Waals surface area contributed by atoms with Crippen LogP contribution >= 0.6 is 11.6 Å². The minimum atomic E-state index is -0.448. The molecule has 2 heterocycles. The Bertz CT molecular complexity index is 1590. The number of benzene rings is 3. The highest BCUT2D eigenvalue weighted by molar-refractivity contribution is 6.30. The lowest BCUT2D eigenvalue weighted by atomic mass is 10.0. The Balaban J connectivity index is 1.48. The normalized spacial score (nSPS) is 13.3. The minimum Gasteiger partial charge on any atom is -0.467 e. The topological polar surface area (TPSA) is 86.1 Å². The van der Waals surface area contributed by atoms with Crippen molar-refractivity contribution in [2.75, 3.05) is 45.0 Å². The molecule has 0 bridgehead atoms. The molecule has 41 heavy (non-hydrogen) atoms. The Morgan fingerprint density at radius 2 is 1.71 bits per heavy atom. The summed E-state index contributed by atoms with van der Waals surface area (Å²) in [5.74, 6) is 0.447. The molecule has 9 nitrogen and oxygen atoms in total. The van der Waals surface area contributed by atoms with Gasteiger partial charge in [0.15, 0.2) is 6.79 Å². The maximum Gasteiger partial charge on any atom is 0.316 e. The average Bonchev–Trinajstić information content (AvgIpc) is 2.98. The van der Waals surface area contributed by atoms with Gasteiger partial charge in [0.2, 0.25) is 11.7 Å². The summed E-state index contributed by atoms with van der Waals surface area (Å²) in [6.07, 6.45) is 1.60. The van der Waals surface area contributed by atoms with E-state index in [1.54, 1.807) is 72.6 Å². The first-order chi connectivity index (χ1) is 19.8. The summed E-state index contributed by atoms with van der Waals surface area (Å²) >= 11 is 6.04. The maximum atomic E-state index is 13.9. The van der Waals surface area contributed by atoms with Crippen LogP contribution in [0.3, 0.4) is 0 Å². The van der Waals surface area contributed by atoms with Gasteiger partial charge in [-0.05, 0) is 54.1 Å². The van der Waals surface area contributed by atoms with Gasteiger partial charge >= 0.3 is 5.56 Å². The first-order valence-electron chi connectivity index (χ1n) is 12.9. The number of amides is 1. The van der Waals surface area contributed by atoms with Gasteiger partial charge in [-0.2, -0.15) is 9.78 Å². The van der Waals surface area contributed by atoms with E-state index in [9.17, 15) is 14.0 Å². The lowest BCUT2D eigenvalue weighted by Crippen LogP contribution is -2.48. The molecule has 1 saturated heterocycles. The SMILES string of the molecule is COCOc1cc(F)ccc1-c1ccc(Oc2c(N3CCN(C(C)=O)CC3)cnn(-c3ccc(Cl)cc3)c2=O)cc1. The zero-order valence-electron chi connectivity index (χ0n) is 22.5. The number of ether oxygens (including phenoxy) is 3. The van der Waals surface area contributed by atoms with Gasteiger partial charge in [-0.25, -0.2) is 4.39 Å². The monoisotopic (exact) mass is 578 g/mol. The molecule has 11 heteroatoms. The molecule has 1 aliphatic heterocycles. The number of halogens is 2. The molecule has 0 unspecified atom stereocenters. The summed E-state index contributed by atoms with van der Waals surface area (Å²) in [5.41, 5.74) is 2.05. The standard InChI is InChI=1S/C30H28ClFN4O5/c1-20(37)34-13-15-35(16-14-34)27-18-33-36(24-8-5-22(31)6-9-24)30(38)29(27)41-25-10-3-21(4-11-25)26-12-7-23(32)17-28(26)40-19-39-2/h3-12,17-18H,13-16,19H2,1-2H3. The van der Waals surface area contributed by atoms with Crippen LogP contribution in [0.1, 0.15) is 6.92 Å². The van der Waals surface area contributed by atoms with Crippen molar-refractivity contribution < 1.29 is 23.4 Å². The van der Waals surface area contributed by atoms with Gasteiger partial charge in [-0.3, -0.25) is 9.59 Å². The molecule has 5 rings (SSSR count). The van der Waals surface area contributed by atoms with Crippen molar-refractivity contribution in [3.05, 3.63) is 94.1 Å². The third-order valence-corrected chi connectivity index (χ3v) is 6.96. The number of carbonyl (C=O) groups is 1. The van der Waals surface area contributed by atoms with Crippen LogP contribution in [0.2, 0.25) is 5.02 Å². The summed E-state index contributed by atoms with van der Waals surface area (Å²) in [6, 6.07) is 18.1. The van der Waals surface area contributed by atoms with Crippen molar-refractivity contribution in [1.82, 2.24) is 14.7 Å². The zero-order valence-corrected chi connectivity index (χ0v) is 23.3. The largest absolute Gasteiger partial charge is 0.467 e. The van der Waals surface area contributed by atoms with Gasteiger partial charge in [0.05, 0.1) is 11.9 Å². The van der Waals surface area contributed by atoms with Crippen molar-refractivity contribution in [2.45, 2.75) is 6.92 Å². The Hall–Kier alpha value is -4.41. The van der Waals surface area contributed by atoms with E-state index in [-0.39, 0.29) is 18.4 Å². The highest BCUT2D eigenvalue weighted by atomic mass is 35.5. The van der Waals surface area contributed by atoms with Gasteiger partial charge < -0.3 is 24.0 Å².